The van der Waals surface area contributed by atoms with Crippen LogP contribution in [0.4, 0.5) is 0 Å². The van der Waals surface area contributed by atoms with Gasteiger partial charge in [-0.15, -0.1) is 0 Å². The molecule has 11 aromatic rings. The molecule has 3 aromatic heterocycles. The van der Waals surface area contributed by atoms with Gasteiger partial charge in [-0.25, -0.2) is 9.97 Å². The van der Waals surface area contributed by atoms with Crippen LogP contribution in [0.25, 0.3) is 99.7 Å². The van der Waals surface area contributed by atoms with Crippen molar-refractivity contribution in [1.82, 2.24) is 19.1 Å². The Hall–Kier alpha value is -7.30. The molecular weight excluding hydrogens is 693 g/mol. The molecule has 3 heterocycles. The minimum atomic E-state index is -0.278. The molecule has 8 aromatic carbocycles. The molecule has 4 nitrogen and oxygen atoms in total. The first-order chi connectivity index (χ1) is 28.1. The molecule has 1 aliphatic carbocycles. The summed E-state index contributed by atoms with van der Waals surface area (Å²) < 4.78 is 5.04. The number of rotatable bonds is 4. The van der Waals surface area contributed by atoms with Crippen molar-refractivity contribution in [2.24, 2.45) is 0 Å². The summed E-state index contributed by atoms with van der Waals surface area (Å²) >= 11 is 0. The minimum absolute atomic E-state index is 0.278. The van der Waals surface area contributed by atoms with E-state index in [-0.39, 0.29) is 5.41 Å². The highest BCUT2D eigenvalue weighted by Gasteiger charge is 2.41. The van der Waals surface area contributed by atoms with Gasteiger partial charge in [-0.1, -0.05) is 153 Å². The van der Waals surface area contributed by atoms with E-state index in [9.17, 15) is 0 Å². The molecule has 57 heavy (non-hydrogen) atoms. The molecule has 0 N–H and O–H groups in total. The largest absolute Gasteiger partial charge is 0.309 e. The fraction of sp³-hybridized carbons (Fsp3) is 0.0566. The molecule has 0 saturated carbocycles. The molecule has 1 aliphatic rings. The molecule has 0 spiro atoms. The van der Waals surface area contributed by atoms with Crippen LogP contribution >= 0.6 is 0 Å². The number of fused-ring (bicyclic) bond motifs is 13. The van der Waals surface area contributed by atoms with Gasteiger partial charge in [0.1, 0.15) is 0 Å². The molecule has 0 saturated heterocycles. The second-order valence-corrected chi connectivity index (χ2v) is 15.7. The zero-order chi connectivity index (χ0) is 37.8. The van der Waals surface area contributed by atoms with Crippen LogP contribution in [0.2, 0.25) is 0 Å². The summed E-state index contributed by atoms with van der Waals surface area (Å²) in [6, 6.07) is 65.4. The zero-order valence-corrected chi connectivity index (χ0v) is 31.6. The predicted molar refractivity (Wildman–Crippen MR) is 237 cm³/mol. The van der Waals surface area contributed by atoms with Crippen LogP contribution in [0.3, 0.4) is 0 Å². The normalized spacial score (nSPS) is 13.2. The lowest BCUT2D eigenvalue weighted by Crippen LogP contribution is -2.16. The van der Waals surface area contributed by atoms with Crippen LogP contribution in [-0.2, 0) is 5.41 Å². The van der Waals surface area contributed by atoms with E-state index >= 15 is 0 Å². The zero-order valence-electron chi connectivity index (χ0n) is 31.6. The Morgan fingerprint density at radius 1 is 0.456 bits per heavy atom. The number of hydrogen-bond donors (Lipinski definition) is 0. The average molecular weight is 729 g/mol. The van der Waals surface area contributed by atoms with Crippen molar-refractivity contribution in [1.29, 1.82) is 0 Å². The Bertz CT molecular complexity index is 3410. The summed E-state index contributed by atoms with van der Waals surface area (Å²) in [7, 11) is 0. The van der Waals surface area contributed by atoms with Crippen LogP contribution in [0, 0.1) is 0 Å². The van der Waals surface area contributed by atoms with E-state index < -0.39 is 0 Å². The van der Waals surface area contributed by atoms with Gasteiger partial charge < -0.3 is 9.13 Å². The van der Waals surface area contributed by atoms with Crippen molar-refractivity contribution in [2.45, 2.75) is 19.3 Å². The highest BCUT2D eigenvalue weighted by Crippen LogP contribution is 2.58. The fourth-order valence-corrected chi connectivity index (χ4v) is 9.85. The maximum absolute atomic E-state index is 5.28. The van der Waals surface area contributed by atoms with Crippen molar-refractivity contribution in [3.05, 3.63) is 193 Å². The third-order valence-electron chi connectivity index (χ3n) is 12.2. The highest BCUT2D eigenvalue weighted by molar-refractivity contribution is 6.32. The van der Waals surface area contributed by atoms with Gasteiger partial charge in [0.05, 0.1) is 33.3 Å². The van der Waals surface area contributed by atoms with E-state index in [1.165, 1.54) is 65.9 Å². The SMILES string of the molecule is CC1(C)c2ccccc2-c2c1c1c(c3ccccc3n1-c1ccc3nc(-c4ccccc4)nc(-c4ccccc4)c3c1)c1c2c2ccccc2n1-c1ccccc1. The summed E-state index contributed by atoms with van der Waals surface area (Å²) in [5.74, 6) is 0.722. The summed E-state index contributed by atoms with van der Waals surface area (Å²) in [5.41, 5.74) is 16.1. The average Bonchev–Trinajstić information content (AvgIpc) is 3.87. The van der Waals surface area contributed by atoms with Crippen LogP contribution in [0.5, 0.6) is 0 Å². The van der Waals surface area contributed by atoms with E-state index in [4.69, 9.17) is 9.97 Å². The second-order valence-electron chi connectivity index (χ2n) is 15.7. The number of nitrogens with zero attached hydrogens (tertiary/aromatic N) is 4. The topological polar surface area (TPSA) is 35.6 Å². The minimum Gasteiger partial charge on any atom is -0.309 e. The van der Waals surface area contributed by atoms with Gasteiger partial charge in [0.15, 0.2) is 5.82 Å². The Kier molecular flexibility index (Phi) is 6.65. The Labute approximate surface area is 329 Å². The van der Waals surface area contributed by atoms with Crippen molar-refractivity contribution in [3.63, 3.8) is 0 Å². The van der Waals surface area contributed by atoms with Crippen molar-refractivity contribution >= 4 is 54.5 Å². The van der Waals surface area contributed by atoms with Crippen LogP contribution in [0.1, 0.15) is 25.0 Å². The Morgan fingerprint density at radius 3 is 1.75 bits per heavy atom. The fourth-order valence-electron chi connectivity index (χ4n) is 9.85. The highest BCUT2D eigenvalue weighted by atomic mass is 15.0. The van der Waals surface area contributed by atoms with Gasteiger partial charge in [0, 0.05) is 54.8 Å². The van der Waals surface area contributed by atoms with Crippen LogP contribution in [0.15, 0.2) is 182 Å². The summed E-state index contributed by atoms with van der Waals surface area (Å²) in [5, 5.41) is 6.08. The maximum atomic E-state index is 5.28. The lowest BCUT2D eigenvalue weighted by molar-refractivity contribution is 0.664. The molecule has 0 radical (unpaired) electrons. The molecule has 12 rings (SSSR count). The first kappa shape index (κ1) is 32.0. The molecule has 0 aliphatic heterocycles. The molecule has 268 valence electrons. The summed E-state index contributed by atoms with van der Waals surface area (Å²) in [4.78, 5) is 10.5. The smallest absolute Gasteiger partial charge is 0.160 e. The van der Waals surface area contributed by atoms with E-state index in [2.05, 4.69) is 187 Å². The van der Waals surface area contributed by atoms with E-state index in [1.807, 2.05) is 18.2 Å². The first-order valence-electron chi connectivity index (χ1n) is 19.7. The molecular formula is C53H36N4. The molecule has 0 bridgehead atoms. The van der Waals surface area contributed by atoms with E-state index in [0.29, 0.717) is 0 Å². The summed E-state index contributed by atoms with van der Waals surface area (Å²) in [6.45, 7) is 4.82. The quantitative estimate of drug-likeness (QED) is 0.181. The molecule has 0 atom stereocenters. The number of hydrogen-bond acceptors (Lipinski definition) is 2. The van der Waals surface area contributed by atoms with Gasteiger partial charge in [0.2, 0.25) is 0 Å². The first-order valence-corrected chi connectivity index (χ1v) is 19.7. The van der Waals surface area contributed by atoms with Gasteiger partial charge in [-0.2, -0.15) is 0 Å². The van der Waals surface area contributed by atoms with Crippen molar-refractivity contribution < 1.29 is 0 Å². The lowest BCUT2D eigenvalue weighted by atomic mass is 9.81. The standard InChI is InChI=1S/C53H36N4/c1-53(2)41-27-15-12-24-37(41)45-46-38-25-13-16-28-43(38)56(35-22-10-5-11-23-35)50(46)47-39-26-14-17-29-44(39)57(51(47)48(45)53)36-30-31-42-40(32-36)49(33-18-6-3-7-19-33)55-52(54-42)34-20-8-4-9-21-34/h3-32H,1-2H3. The molecule has 4 heteroatoms. The van der Waals surface area contributed by atoms with Gasteiger partial charge in [-0.05, 0) is 64.7 Å². The van der Waals surface area contributed by atoms with Crippen molar-refractivity contribution in [3.8, 4) is 45.1 Å². The third-order valence-corrected chi connectivity index (χ3v) is 12.2. The number of benzene rings is 8. The Morgan fingerprint density at radius 2 is 1.04 bits per heavy atom. The maximum Gasteiger partial charge on any atom is 0.160 e. The Balaban J connectivity index is 1.28. The van der Waals surface area contributed by atoms with E-state index in [0.717, 1.165) is 44.9 Å². The van der Waals surface area contributed by atoms with Gasteiger partial charge in [0.25, 0.3) is 0 Å². The van der Waals surface area contributed by atoms with Crippen LogP contribution < -0.4 is 0 Å². The monoisotopic (exact) mass is 728 g/mol. The molecule has 0 unspecified atom stereocenters. The number of para-hydroxylation sites is 3. The molecule has 0 amide bonds. The third kappa shape index (κ3) is 4.44. The lowest BCUT2D eigenvalue weighted by Gasteiger charge is -2.24. The van der Waals surface area contributed by atoms with E-state index in [1.54, 1.807) is 0 Å². The molecule has 0 fully saturated rings. The summed E-state index contributed by atoms with van der Waals surface area (Å²) in [6.07, 6.45) is 0. The van der Waals surface area contributed by atoms with Gasteiger partial charge in [-0.3, -0.25) is 0 Å². The predicted octanol–water partition coefficient (Wildman–Crippen LogP) is 13.5. The number of aromatic nitrogens is 4. The van der Waals surface area contributed by atoms with Crippen LogP contribution in [-0.4, -0.2) is 19.1 Å². The van der Waals surface area contributed by atoms with Crippen molar-refractivity contribution in [2.75, 3.05) is 0 Å². The van der Waals surface area contributed by atoms with Gasteiger partial charge >= 0.3 is 0 Å². The second kappa shape index (κ2) is 11.8.